The summed E-state index contributed by atoms with van der Waals surface area (Å²) in [6, 6.07) is 3.37. The fourth-order valence-electron chi connectivity index (χ4n) is 2.33. The third-order valence-corrected chi connectivity index (χ3v) is 3.21. The summed E-state index contributed by atoms with van der Waals surface area (Å²) in [6.07, 6.45) is 3.50. The summed E-state index contributed by atoms with van der Waals surface area (Å²) in [6.45, 7) is 3.74. The maximum Gasteiger partial charge on any atom is 0.331 e. The lowest BCUT2D eigenvalue weighted by Crippen LogP contribution is -2.38. The Hall–Kier alpha value is -1.29. The number of nitrogens with zero attached hydrogens (tertiary/aromatic N) is 1. The lowest BCUT2D eigenvalue weighted by molar-refractivity contribution is -0.148. The smallest absolute Gasteiger partial charge is 0.331 e. The molecule has 0 amide bonds. The molecule has 0 radical (unpaired) electrons. The minimum atomic E-state index is -0.381. The van der Waals surface area contributed by atoms with Crippen molar-refractivity contribution in [2.75, 3.05) is 20.2 Å². The third kappa shape index (κ3) is 2.69. The number of aryl methyl sites for hydroxylation is 1. The van der Waals surface area contributed by atoms with Crippen molar-refractivity contribution < 1.29 is 13.9 Å². The van der Waals surface area contributed by atoms with Gasteiger partial charge in [-0.25, -0.2) is 4.79 Å². The van der Waals surface area contributed by atoms with Crippen molar-refractivity contribution in [2.24, 2.45) is 0 Å². The molecular weight excluding hydrogens is 218 g/mol. The van der Waals surface area contributed by atoms with E-state index in [1.165, 1.54) is 13.5 Å². The second-order valence-corrected chi connectivity index (χ2v) is 4.47. The zero-order valence-corrected chi connectivity index (χ0v) is 10.4. The van der Waals surface area contributed by atoms with Crippen LogP contribution in [0.4, 0.5) is 0 Å². The fraction of sp³-hybridized carbons (Fsp3) is 0.615. The molecule has 0 spiro atoms. The summed E-state index contributed by atoms with van der Waals surface area (Å²) in [5.41, 5.74) is 0. The zero-order chi connectivity index (χ0) is 12.3. The van der Waals surface area contributed by atoms with Crippen LogP contribution in [0, 0.1) is 6.92 Å². The quantitative estimate of drug-likeness (QED) is 0.756. The zero-order valence-electron chi connectivity index (χ0n) is 10.4. The molecule has 94 valence electrons. The summed E-state index contributed by atoms with van der Waals surface area (Å²) in [4.78, 5) is 14.0. The van der Waals surface area contributed by atoms with Crippen LogP contribution in [0.2, 0.25) is 0 Å². The van der Waals surface area contributed by atoms with Crippen LogP contribution >= 0.6 is 0 Å². The Morgan fingerprint density at radius 2 is 2.06 bits per heavy atom. The van der Waals surface area contributed by atoms with E-state index < -0.39 is 0 Å². The lowest BCUT2D eigenvalue weighted by Gasteiger charge is -2.31. The largest absolute Gasteiger partial charge is 0.467 e. The molecule has 1 atom stereocenters. The van der Waals surface area contributed by atoms with Crippen LogP contribution in [-0.2, 0) is 9.53 Å². The number of esters is 1. The predicted molar refractivity (Wildman–Crippen MR) is 63.6 cm³/mol. The second kappa shape index (κ2) is 5.36. The Balaban J connectivity index is 2.21. The van der Waals surface area contributed by atoms with E-state index in [1.807, 2.05) is 19.1 Å². The maximum atomic E-state index is 11.9. The van der Waals surface area contributed by atoms with Crippen LogP contribution in [-0.4, -0.2) is 31.1 Å². The summed E-state index contributed by atoms with van der Waals surface area (Å²) >= 11 is 0. The first-order valence-electron chi connectivity index (χ1n) is 6.10. The average Bonchev–Trinajstić information content (AvgIpc) is 2.77. The van der Waals surface area contributed by atoms with E-state index in [0.29, 0.717) is 5.76 Å². The topological polar surface area (TPSA) is 42.7 Å². The lowest BCUT2D eigenvalue weighted by atomic mass is 10.1. The first-order valence-corrected chi connectivity index (χ1v) is 6.10. The average molecular weight is 237 g/mol. The number of methoxy groups -OCH3 is 1. The number of hydrogen-bond acceptors (Lipinski definition) is 4. The first-order chi connectivity index (χ1) is 8.22. The molecule has 1 aromatic rings. The molecule has 2 rings (SSSR count). The van der Waals surface area contributed by atoms with Crippen LogP contribution in [0.5, 0.6) is 0 Å². The van der Waals surface area contributed by atoms with Crippen LogP contribution in [0.3, 0.4) is 0 Å². The van der Waals surface area contributed by atoms with Gasteiger partial charge in [-0.05, 0) is 45.0 Å². The molecule has 17 heavy (non-hydrogen) atoms. The molecule has 1 saturated heterocycles. The molecule has 4 heteroatoms. The summed E-state index contributed by atoms with van der Waals surface area (Å²) in [5.74, 6) is 1.28. The molecule has 0 aromatic carbocycles. The van der Waals surface area contributed by atoms with Gasteiger partial charge in [0.1, 0.15) is 11.5 Å². The van der Waals surface area contributed by atoms with Crippen LogP contribution in [0.25, 0.3) is 0 Å². The van der Waals surface area contributed by atoms with Gasteiger partial charge in [0.05, 0.1) is 7.11 Å². The summed E-state index contributed by atoms with van der Waals surface area (Å²) in [7, 11) is 1.43. The van der Waals surface area contributed by atoms with Gasteiger partial charge in [-0.2, -0.15) is 0 Å². The fourth-order valence-corrected chi connectivity index (χ4v) is 2.33. The number of carbonyl (C=O) groups excluding carboxylic acids is 1. The van der Waals surface area contributed by atoms with E-state index in [1.54, 1.807) is 0 Å². The molecule has 0 bridgehead atoms. The van der Waals surface area contributed by atoms with Crippen molar-refractivity contribution in [3.63, 3.8) is 0 Å². The first kappa shape index (κ1) is 12.2. The number of likely N-dealkylation sites (tertiary alicyclic amines) is 1. The molecule has 1 aliphatic heterocycles. The van der Waals surface area contributed by atoms with Gasteiger partial charge in [0, 0.05) is 0 Å². The third-order valence-electron chi connectivity index (χ3n) is 3.21. The van der Waals surface area contributed by atoms with Crippen molar-refractivity contribution in [3.8, 4) is 0 Å². The second-order valence-electron chi connectivity index (χ2n) is 4.47. The monoisotopic (exact) mass is 237 g/mol. The van der Waals surface area contributed by atoms with Gasteiger partial charge < -0.3 is 9.15 Å². The van der Waals surface area contributed by atoms with Gasteiger partial charge in [0.15, 0.2) is 6.04 Å². The molecule has 2 heterocycles. The molecule has 0 saturated carbocycles. The van der Waals surface area contributed by atoms with E-state index in [-0.39, 0.29) is 12.0 Å². The highest BCUT2D eigenvalue weighted by Gasteiger charge is 2.31. The van der Waals surface area contributed by atoms with Crippen molar-refractivity contribution >= 4 is 5.97 Å². The van der Waals surface area contributed by atoms with E-state index in [4.69, 9.17) is 9.15 Å². The van der Waals surface area contributed by atoms with Crippen molar-refractivity contribution in [1.29, 1.82) is 0 Å². The van der Waals surface area contributed by atoms with Gasteiger partial charge >= 0.3 is 5.97 Å². The van der Waals surface area contributed by atoms with Crippen LogP contribution in [0.1, 0.15) is 36.8 Å². The normalized spacial score (nSPS) is 18.9. The molecule has 0 aliphatic carbocycles. The Morgan fingerprint density at radius 1 is 1.35 bits per heavy atom. The SMILES string of the molecule is COC(=O)C(c1ccc(C)o1)N1CCCCC1. The standard InChI is InChI=1S/C13H19NO3/c1-10-6-7-11(17-10)12(13(15)16-2)14-8-4-3-5-9-14/h6-7,12H,3-5,8-9H2,1-2H3. The minimum Gasteiger partial charge on any atom is -0.467 e. The van der Waals surface area contributed by atoms with E-state index >= 15 is 0 Å². The maximum absolute atomic E-state index is 11.9. The molecule has 1 unspecified atom stereocenters. The summed E-state index contributed by atoms with van der Waals surface area (Å²) < 4.78 is 10.5. The molecule has 0 N–H and O–H groups in total. The molecule has 4 nitrogen and oxygen atoms in total. The molecule has 1 aliphatic rings. The number of ether oxygens (including phenoxy) is 1. The van der Waals surface area contributed by atoms with Crippen LogP contribution in [0.15, 0.2) is 16.5 Å². The Morgan fingerprint density at radius 3 is 2.59 bits per heavy atom. The molecular formula is C13H19NO3. The number of carbonyl (C=O) groups is 1. The highest BCUT2D eigenvalue weighted by Crippen LogP contribution is 2.27. The van der Waals surface area contributed by atoms with Crippen molar-refractivity contribution in [2.45, 2.75) is 32.2 Å². The number of piperidine rings is 1. The molecule has 1 aromatic heterocycles. The predicted octanol–water partition coefficient (Wildman–Crippen LogP) is 2.29. The number of furan rings is 1. The Bertz CT molecular complexity index is 380. The number of hydrogen-bond donors (Lipinski definition) is 0. The highest BCUT2D eigenvalue weighted by molar-refractivity contribution is 5.76. The molecule has 1 fully saturated rings. The van der Waals surface area contributed by atoms with Gasteiger partial charge in [-0.3, -0.25) is 4.90 Å². The number of rotatable bonds is 3. The van der Waals surface area contributed by atoms with Crippen LogP contribution < -0.4 is 0 Å². The Labute approximate surface area is 102 Å². The van der Waals surface area contributed by atoms with Gasteiger partial charge in [0.25, 0.3) is 0 Å². The van der Waals surface area contributed by atoms with Gasteiger partial charge in [-0.1, -0.05) is 6.42 Å². The minimum absolute atomic E-state index is 0.235. The highest BCUT2D eigenvalue weighted by atomic mass is 16.5. The van der Waals surface area contributed by atoms with E-state index in [9.17, 15) is 4.79 Å². The summed E-state index contributed by atoms with van der Waals surface area (Å²) in [5, 5.41) is 0. The van der Waals surface area contributed by atoms with Gasteiger partial charge in [0.2, 0.25) is 0 Å². The van der Waals surface area contributed by atoms with E-state index in [2.05, 4.69) is 4.90 Å². The van der Waals surface area contributed by atoms with Crippen molar-refractivity contribution in [3.05, 3.63) is 23.7 Å². The Kier molecular flexibility index (Phi) is 3.84. The van der Waals surface area contributed by atoms with Crippen molar-refractivity contribution in [1.82, 2.24) is 4.90 Å². The van der Waals surface area contributed by atoms with Gasteiger partial charge in [-0.15, -0.1) is 0 Å². The van der Waals surface area contributed by atoms with E-state index in [0.717, 1.165) is 31.7 Å².